The molecule has 1 atom stereocenters. The van der Waals surface area contributed by atoms with E-state index in [4.69, 9.17) is 21.1 Å². The van der Waals surface area contributed by atoms with Crippen LogP contribution in [0.5, 0.6) is 11.5 Å². The van der Waals surface area contributed by atoms with Gasteiger partial charge in [-0.15, -0.1) is 0 Å². The number of benzene rings is 1. The van der Waals surface area contributed by atoms with E-state index in [1.807, 2.05) is 25.1 Å². The standard InChI is InChI=1S/C16H17ClN2O3/c1-10(13-6-4-5-7-18-13)19-16(20)11-8-12(17)15(22-3)14(9-11)21-2/h4-10H,1-3H3,(H,19,20). The van der Waals surface area contributed by atoms with Gasteiger partial charge in [-0.05, 0) is 31.2 Å². The zero-order chi connectivity index (χ0) is 16.1. The Kier molecular flexibility index (Phi) is 5.22. The fraction of sp³-hybridized carbons (Fsp3) is 0.250. The molecule has 1 N–H and O–H groups in total. The zero-order valence-corrected chi connectivity index (χ0v) is 13.3. The molecule has 0 aliphatic heterocycles. The molecular weight excluding hydrogens is 304 g/mol. The Balaban J connectivity index is 2.21. The van der Waals surface area contributed by atoms with Gasteiger partial charge in [0.25, 0.3) is 5.91 Å². The highest BCUT2D eigenvalue weighted by molar-refractivity contribution is 6.32. The van der Waals surface area contributed by atoms with Crippen LogP contribution >= 0.6 is 11.6 Å². The lowest BCUT2D eigenvalue weighted by Gasteiger charge is -2.15. The fourth-order valence-corrected chi connectivity index (χ4v) is 2.32. The van der Waals surface area contributed by atoms with Gasteiger partial charge in [-0.2, -0.15) is 0 Å². The Bertz CT molecular complexity index is 662. The Morgan fingerprint density at radius 3 is 2.64 bits per heavy atom. The van der Waals surface area contributed by atoms with Gasteiger partial charge in [-0.25, -0.2) is 0 Å². The topological polar surface area (TPSA) is 60.5 Å². The smallest absolute Gasteiger partial charge is 0.251 e. The van der Waals surface area contributed by atoms with E-state index in [1.54, 1.807) is 18.3 Å². The number of ether oxygens (including phenoxy) is 2. The molecule has 0 saturated carbocycles. The normalized spacial score (nSPS) is 11.6. The maximum absolute atomic E-state index is 12.4. The highest BCUT2D eigenvalue weighted by Crippen LogP contribution is 2.36. The van der Waals surface area contributed by atoms with Gasteiger partial charge in [0.2, 0.25) is 0 Å². The van der Waals surface area contributed by atoms with Gasteiger partial charge in [0.15, 0.2) is 11.5 Å². The summed E-state index contributed by atoms with van der Waals surface area (Å²) in [4.78, 5) is 16.6. The molecule has 2 rings (SSSR count). The van der Waals surface area contributed by atoms with Crippen LogP contribution in [-0.2, 0) is 0 Å². The number of hydrogen-bond acceptors (Lipinski definition) is 4. The van der Waals surface area contributed by atoms with Crippen LogP contribution in [0.2, 0.25) is 5.02 Å². The molecule has 1 aromatic heterocycles. The quantitative estimate of drug-likeness (QED) is 0.918. The number of hydrogen-bond donors (Lipinski definition) is 1. The number of halogens is 1. The second-order valence-electron chi connectivity index (χ2n) is 4.64. The van der Waals surface area contributed by atoms with E-state index in [9.17, 15) is 4.79 Å². The first-order valence-corrected chi connectivity index (χ1v) is 7.08. The van der Waals surface area contributed by atoms with Crippen molar-refractivity contribution in [2.45, 2.75) is 13.0 Å². The molecule has 116 valence electrons. The number of methoxy groups -OCH3 is 2. The Morgan fingerprint density at radius 1 is 1.27 bits per heavy atom. The summed E-state index contributed by atoms with van der Waals surface area (Å²) in [7, 11) is 2.99. The number of carbonyl (C=O) groups excluding carboxylic acids is 1. The fourth-order valence-electron chi connectivity index (χ4n) is 2.04. The number of nitrogens with one attached hydrogen (secondary N) is 1. The number of aromatic nitrogens is 1. The first-order valence-electron chi connectivity index (χ1n) is 6.70. The van der Waals surface area contributed by atoms with E-state index in [-0.39, 0.29) is 11.9 Å². The van der Waals surface area contributed by atoms with Gasteiger partial charge >= 0.3 is 0 Å². The number of nitrogens with zero attached hydrogens (tertiary/aromatic N) is 1. The summed E-state index contributed by atoms with van der Waals surface area (Å²) < 4.78 is 10.3. The Morgan fingerprint density at radius 2 is 2.05 bits per heavy atom. The minimum absolute atomic E-state index is 0.222. The predicted octanol–water partition coefficient (Wildman–Crippen LogP) is 3.24. The first kappa shape index (κ1) is 16.1. The van der Waals surface area contributed by atoms with E-state index < -0.39 is 0 Å². The van der Waals surface area contributed by atoms with Crippen molar-refractivity contribution in [2.75, 3.05) is 14.2 Å². The van der Waals surface area contributed by atoms with Crippen LogP contribution in [0.1, 0.15) is 29.0 Å². The summed E-state index contributed by atoms with van der Waals surface area (Å²) >= 11 is 6.11. The van der Waals surface area contributed by atoms with Crippen LogP contribution in [0, 0.1) is 0 Å². The van der Waals surface area contributed by atoms with Crippen molar-refractivity contribution in [1.29, 1.82) is 0 Å². The van der Waals surface area contributed by atoms with Crippen molar-refractivity contribution in [3.63, 3.8) is 0 Å². The van der Waals surface area contributed by atoms with Gasteiger partial charge in [-0.1, -0.05) is 17.7 Å². The van der Waals surface area contributed by atoms with Crippen molar-refractivity contribution in [1.82, 2.24) is 10.3 Å². The number of amides is 1. The third-order valence-corrected chi connectivity index (χ3v) is 3.46. The van der Waals surface area contributed by atoms with E-state index in [0.29, 0.717) is 22.1 Å². The maximum Gasteiger partial charge on any atom is 0.251 e. The highest BCUT2D eigenvalue weighted by atomic mass is 35.5. The molecule has 0 saturated heterocycles. The van der Waals surface area contributed by atoms with E-state index >= 15 is 0 Å². The summed E-state index contributed by atoms with van der Waals surface area (Å²) in [6.45, 7) is 1.86. The average molecular weight is 321 g/mol. The lowest BCUT2D eigenvalue weighted by Crippen LogP contribution is -2.27. The van der Waals surface area contributed by atoms with E-state index in [2.05, 4.69) is 10.3 Å². The van der Waals surface area contributed by atoms with Gasteiger partial charge in [0, 0.05) is 11.8 Å². The van der Waals surface area contributed by atoms with Crippen LogP contribution in [0.3, 0.4) is 0 Å². The molecule has 1 unspecified atom stereocenters. The molecule has 2 aromatic rings. The Labute approximate surface area is 134 Å². The molecule has 0 aliphatic rings. The number of carbonyl (C=O) groups is 1. The van der Waals surface area contributed by atoms with Crippen LogP contribution in [0.4, 0.5) is 0 Å². The third-order valence-electron chi connectivity index (χ3n) is 3.17. The van der Waals surface area contributed by atoms with Gasteiger partial charge in [-0.3, -0.25) is 9.78 Å². The molecule has 0 radical (unpaired) electrons. The molecule has 22 heavy (non-hydrogen) atoms. The lowest BCUT2D eigenvalue weighted by atomic mass is 10.1. The molecule has 6 heteroatoms. The molecule has 0 bridgehead atoms. The predicted molar refractivity (Wildman–Crippen MR) is 84.7 cm³/mol. The Hall–Kier alpha value is -2.27. The summed E-state index contributed by atoms with van der Waals surface area (Å²) in [5, 5.41) is 3.19. The molecule has 0 spiro atoms. The lowest BCUT2D eigenvalue weighted by molar-refractivity contribution is 0.0938. The van der Waals surface area contributed by atoms with Gasteiger partial charge < -0.3 is 14.8 Å². The zero-order valence-electron chi connectivity index (χ0n) is 12.6. The minimum atomic E-state index is -0.263. The van der Waals surface area contributed by atoms with Crippen LogP contribution in [0.15, 0.2) is 36.5 Å². The molecule has 1 amide bonds. The van der Waals surface area contributed by atoms with Crippen molar-refractivity contribution >= 4 is 17.5 Å². The van der Waals surface area contributed by atoms with Crippen molar-refractivity contribution < 1.29 is 14.3 Å². The second kappa shape index (κ2) is 7.13. The summed E-state index contributed by atoms with van der Waals surface area (Å²) in [6.07, 6.45) is 1.69. The first-order chi connectivity index (χ1) is 10.6. The van der Waals surface area contributed by atoms with Crippen LogP contribution in [-0.4, -0.2) is 25.1 Å². The SMILES string of the molecule is COc1cc(C(=O)NC(C)c2ccccn2)cc(Cl)c1OC. The highest BCUT2D eigenvalue weighted by Gasteiger charge is 2.17. The van der Waals surface area contributed by atoms with Crippen molar-refractivity contribution in [3.05, 3.63) is 52.8 Å². The summed E-state index contributed by atoms with van der Waals surface area (Å²) in [5.74, 6) is 0.546. The van der Waals surface area contributed by atoms with E-state index in [1.165, 1.54) is 14.2 Å². The molecule has 5 nitrogen and oxygen atoms in total. The minimum Gasteiger partial charge on any atom is -0.493 e. The molecule has 1 heterocycles. The largest absolute Gasteiger partial charge is 0.493 e. The van der Waals surface area contributed by atoms with Gasteiger partial charge in [0.05, 0.1) is 31.0 Å². The van der Waals surface area contributed by atoms with Crippen molar-refractivity contribution in [2.24, 2.45) is 0 Å². The van der Waals surface area contributed by atoms with Crippen LogP contribution in [0.25, 0.3) is 0 Å². The average Bonchev–Trinajstić information content (AvgIpc) is 2.54. The number of rotatable bonds is 5. The summed E-state index contributed by atoms with van der Waals surface area (Å²) in [6, 6.07) is 8.46. The second-order valence-corrected chi connectivity index (χ2v) is 5.05. The third kappa shape index (κ3) is 3.49. The number of pyridine rings is 1. The monoisotopic (exact) mass is 320 g/mol. The van der Waals surface area contributed by atoms with Crippen LogP contribution < -0.4 is 14.8 Å². The maximum atomic E-state index is 12.4. The van der Waals surface area contributed by atoms with Crippen molar-refractivity contribution in [3.8, 4) is 11.5 Å². The van der Waals surface area contributed by atoms with Gasteiger partial charge in [0.1, 0.15) is 0 Å². The molecule has 0 fully saturated rings. The molecule has 1 aromatic carbocycles. The summed E-state index contributed by atoms with van der Waals surface area (Å²) in [5.41, 5.74) is 1.17. The molecular formula is C16H17ClN2O3. The van der Waals surface area contributed by atoms with E-state index in [0.717, 1.165) is 5.69 Å². The molecule has 0 aliphatic carbocycles.